The lowest BCUT2D eigenvalue weighted by Gasteiger charge is -2.16. The van der Waals surface area contributed by atoms with Crippen LogP contribution in [0.4, 0.5) is 0 Å². The molecule has 0 fully saturated rings. The van der Waals surface area contributed by atoms with E-state index in [0.29, 0.717) is 10.0 Å². The average Bonchev–Trinajstić information content (AvgIpc) is 2.99. The second-order valence-electron chi connectivity index (χ2n) is 6.47. The van der Waals surface area contributed by atoms with Crippen molar-refractivity contribution in [2.45, 2.75) is 37.8 Å². The molecular formula is C20H21Cl2N3OS. The molecule has 1 unspecified atom stereocenters. The molecule has 7 heteroatoms. The van der Waals surface area contributed by atoms with Crippen molar-refractivity contribution in [2.75, 3.05) is 0 Å². The Bertz CT molecular complexity index is 958. The minimum atomic E-state index is -0.205. The molecule has 0 saturated heterocycles. The first-order chi connectivity index (χ1) is 12.8. The molecular weight excluding hydrogens is 401 g/mol. The maximum absolute atomic E-state index is 6.11. The lowest BCUT2D eigenvalue weighted by atomic mass is 10.1. The Morgan fingerprint density at radius 1 is 1.07 bits per heavy atom. The topological polar surface area (TPSA) is 39.9 Å². The van der Waals surface area contributed by atoms with Crippen LogP contribution < -0.4 is 4.74 Å². The van der Waals surface area contributed by atoms with Gasteiger partial charge < -0.3 is 9.30 Å². The number of benzene rings is 2. The maximum atomic E-state index is 6.11. The van der Waals surface area contributed by atoms with Crippen LogP contribution in [-0.4, -0.2) is 14.8 Å². The molecule has 0 amide bonds. The second kappa shape index (κ2) is 8.55. The zero-order chi connectivity index (χ0) is 19.6. The molecule has 0 bridgehead atoms. The zero-order valence-electron chi connectivity index (χ0n) is 15.7. The molecule has 0 N–H and O–H groups in total. The fourth-order valence-electron chi connectivity index (χ4n) is 2.76. The van der Waals surface area contributed by atoms with Gasteiger partial charge in [-0.2, -0.15) is 0 Å². The highest BCUT2D eigenvalue weighted by molar-refractivity contribution is 7.98. The van der Waals surface area contributed by atoms with Crippen LogP contribution in [0.3, 0.4) is 0 Å². The van der Waals surface area contributed by atoms with Gasteiger partial charge in [0, 0.05) is 12.8 Å². The monoisotopic (exact) mass is 421 g/mol. The summed E-state index contributed by atoms with van der Waals surface area (Å²) in [5.74, 6) is 2.38. The van der Waals surface area contributed by atoms with Gasteiger partial charge in [-0.15, -0.1) is 10.2 Å². The molecule has 0 spiro atoms. The van der Waals surface area contributed by atoms with Crippen LogP contribution in [0.2, 0.25) is 10.0 Å². The van der Waals surface area contributed by atoms with Crippen molar-refractivity contribution in [3.05, 3.63) is 69.0 Å². The van der Waals surface area contributed by atoms with Crippen LogP contribution in [0.1, 0.15) is 35.5 Å². The van der Waals surface area contributed by atoms with Gasteiger partial charge in [0.15, 0.2) is 17.1 Å². The lowest BCUT2D eigenvalue weighted by molar-refractivity contribution is 0.210. The Morgan fingerprint density at radius 2 is 1.85 bits per heavy atom. The molecule has 1 heterocycles. The van der Waals surface area contributed by atoms with Crippen molar-refractivity contribution < 1.29 is 4.74 Å². The van der Waals surface area contributed by atoms with Crippen molar-refractivity contribution in [3.63, 3.8) is 0 Å². The number of hydrogen-bond acceptors (Lipinski definition) is 4. The summed E-state index contributed by atoms with van der Waals surface area (Å²) >= 11 is 13.6. The Balaban J connectivity index is 1.69. The van der Waals surface area contributed by atoms with Crippen molar-refractivity contribution in [3.8, 4) is 5.75 Å². The lowest BCUT2D eigenvalue weighted by Crippen LogP contribution is -2.10. The van der Waals surface area contributed by atoms with E-state index in [4.69, 9.17) is 27.9 Å². The number of halogens is 2. The van der Waals surface area contributed by atoms with E-state index >= 15 is 0 Å². The molecule has 0 aliphatic rings. The summed E-state index contributed by atoms with van der Waals surface area (Å²) in [6, 6.07) is 11.8. The fraction of sp³-hybridized carbons (Fsp3) is 0.300. The number of rotatable bonds is 6. The summed E-state index contributed by atoms with van der Waals surface area (Å²) in [7, 11) is 1.95. The van der Waals surface area contributed by atoms with Gasteiger partial charge in [-0.25, -0.2) is 0 Å². The molecule has 1 atom stereocenters. The van der Waals surface area contributed by atoms with Gasteiger partial charge in [-0.1, -0.05) is 58.7 Å². The van der Waals surface area contributed by atoms with Gasteiger partial charge in [0.2, 0.25) is 0 Å². The number of hydrogen-bond donors (Lipinski definition) is 0. The fourth-order valence-corrected chi connectivity index (χ4v) is 3.94. The molecule has 1 aromatic heterocycles. The molecule has 0 radical (unpaired) electrons. The zero-order valence-corrected chi connectivity index (χ0v) is 18.0. The van der Waals surface area contributed by atoms with E-state index in [1.165, 1.54) is 5.56 Å². The minimum Gasteiger partial charge on any atom is -0.482 e. The van der Waals surface area contributed by atoms with Gasteiger partial charge in [-0.05, 0) is 50.1 Å². The highest BCUT2D eigenvalue weighted by atomic mass is 35.5. The molecule has 2 aromatic carbocycles. The Hall–Kier alpha value is -1.69. The van der Waals surface area contributed by atoms with Crippen molar-refractivity contribution in [1.29, 1.82) is 0 Å². The summed E-state index contributed by atoms with van der Waals surface area (Å²) in [5, 5.41) is 10.6. The van der Waals surface area contributed by atoms with E-state index in [1.54, 1.807) is 11.8 Å². The Kier molecular flexibility index (Phi) is 6.35. The smallest absolute Gasteiger partial charge is 0.191 e. The number of ether oxygens (including phenoxy) is 1. The first kappa shape index (κ1) is 20.1. The standard InChI is InChI=1S/C20H21Cl2N3OS/c1-12-5-8-18(13(2)9-12)26-14(3)19-23-24-20(25(19)4)27-11-15-6-7-16(21)17(22)10-15/h5-10,14H,11H2,1-4H3. The molecule has 4 nitrogen and oxygen atoms in total. The maximum Gasteiger partial charge on any atom is 0.191 e. The first-order valence-corrected chi connectivity index (χ1v) is 10.3. The van der Waals surface area contributed by atoms with Crippen LogP contribution in [0, 0.1) is 13.8 Å². The average molecular weight is 422 g/mol. The third-order valence-corrected chi connectivity index (χ3v) is 6.05. The summed E-state index contributed by atoms with van der Waals surface area (Å²) in [6.07, 6.45) is -0.205. The summed E-state index contributed by atoms with van der Waals surface area (Å²) in [5.41, 5.74) is 3.41. The summed E-state index contributed by atoms with van der Waals surface area (Å²) in [6.45, 7) is 6.10. The van der Waals surface area contributed by atoms with Crippen LogP contribution in [0.15, 0.2) is 41.6 Å². The number of nitrogens with zero attached hydrogens (tertiary/aromatic N) is 3. The second-order valence-corrected chi connectivity index (χ2v) is 8.22. The molecule has 142 valence electrons. The SMILES string of the molecule is Cc1ccc(OC(C)c2nnc(SCc3ccc(Cl)c(Cl)c3)n2C)c(C)c1. The molecule has 0 aliphatic heterocycles. The van der Waals surface area contributed by atoms with E-state index in [9.17, 15) is 0 Å². The normalized spacial score (nSPS) is 12.2. The molecule has 3 rings (SSSR count). The predicted octanol–water partition coefficient (Wildman–Crippen LogP) is 6.17. The summed E-state index contributed by atoms with van der Waals surface area (Å²) < 4.78 is 8.08. The van der Waals surface area contributed by atoms with Gasteiger partial charge >= 0.3 is 0 Å². The Morgan fingerprint density at radius 3 is 2.56 bits per heavy atom. The van der Waals surface area contributed by atoms with Gasteiger partial charge in [0.25, 0.3) is 0 Å². The number of aryl methyl sites for hydroxylation is 2. The Labute approximate surface area is 173 Å². The van der Waals surface area contributed by atoms with Crippen LogP contribution in [0.25, 0.3) is 0 Å². The van der Waals surface area contributed by atoms with Crippen molar-refractivity contribution in [2.24, 2.45) is 7.05 Å². The number of thioether (sulfide) groups is 1. The van der Waals surface area contributed by atoms with Crippen LogP contribution in [-0.2, 0) is 12.8 Å². The van der Waals surface area contributed by atoms with E-state index in [2.05, 4.69) is 23.2 Å². The third-order valence-electron chi connectivity index (χ3n) is 4.22. The van der Waals surface area contributed by atoms with Gasteiger partial charge in [0.05, 0.1) is 10.0 Å². The highest BCUT2D eigenvalue weighted by Crippen LogP contribution is 2.29. The largest absolute Gasteiger partial charge is 0.482 e. The van der Waals surface area contributed by atoms with E-state index in [-0.39, 0.29) is 6.10 Å². The van der Waals surface area contributed by atoms with Gasteiger partial charge in [0.1, 0.15) is 5.75 Å². The quantitative estimate of drug-likeness (QED) is 0.446. The highest BCUT2D eigenvalue weighted by Gasteiger charge is 2.18. The molecule has 3 aromatic rings. The molecule has 0 aliphatic carbocycles. The minimum absolute atomic E-state index is 0.205. The van der Waals surface area contributed by atoms with Crippen LogP contribution >= 0.6 is 35.0 Å². The van der Waals surface area contributed by atoms with E-state index in [0.717, 1.165) is 33.6 Å². The van der Waals surface area contributed by atoms with E-state index < -0.39 is 0 Å². The van der Waals surface area contributed by atoms with Crippen LogP contribution in [0.5, 0.6) is 5.75 Å². The number of aromatic nitrogens is 3. The molecule has 27 heavy (non-hydrogen) atoms. The van der Waals surface area contributed by atoms with Crippen molar-refractivity contribution >= 4 is 35.0 Å². The van der Waals surface area contributed by atoms with Crippen molar-refractivity contribution in [1.82, 2.24) is 14.8 Å². The molecule has 0 saturated carbocycles. The first-order valence-electron chi connectivity index (χ1n) is 8.55. The van der Waals surface area contributed by atoms with E-state index in [1.807, 2.05) is 55.8 Å². The predicted molar refractivity (Wildman–Crippen MR) is 112 cm³/mol. The third kappa shape index (κ3) is 4.78. The summed E-state index contributed by atoms with van der Waals surface area (Å²) in [4.78, 5) is 0. The van der Waals surface area contributed by atoms with Gasteiger partial charge in [-0.3, -0.25) is 0 Å².